The Balaban J connectivity index is 1.60. The predicted octanol–water partition coefficient (Wildman–Crippen LogP) is 4.60. The summed E-state index contributed by atoms with van der Waals surface area (Å²) in [6.07, 6.45) is 6.41. The zero-order valence-corrected chi connectivity index (χ0v) is 20.8. The van der Waals surface area contributed by atoms with Gasteiger partial charge in [-0.2, -0.15) is 0 Å². The van der Waals surface area contributed by atoms with Gasteiger partial charge in [0.15, 0.2) is 11.5 Å². The summed E-state index contributed by atoms with van der Waals surface area (Å²) in [6, 6.07) is 10.3. The smallest absolute Gasteiger partial charge is 0.324 e. The number of aryl methyl sites for hydroxylation is 1. The van der Waals surface area contributed by atoms with Gasteiger partial charge in [0.05, 0.1) is 6.42 Å². The average molecular weight is 495 g/mol. The number of anilines is 2. The average Bonchev–Trinajstić information content (AvgIpc) is 3.48. The molecule has 10 nitrogen and oxygen atoms in total. The van der Waals surface area contributed by atoms with E-state index < -0.39 is 11.9 Å². The van der Waals surface area contributed by atoms with Crippen LogP contribution in [0.3, 0.4) is 0 Å². The van der Waals surface area contributed by atoms with Gasteiger partial charge in [-0.05, 0) is 49.1 Å². The van der Waals surface area contributed by atoms with Gasteiger partial charge in [-0.1, -0.05) is 45.2 Å². The molecule has 0 fully saturated rings. The minimum absolute atomic E-state index is 0.0787. The van der Waals surface area contributed by atoms with E-state index in [0.29, 0.717) is 23.8 Å². The first-order valence-corrected chi connectivity index (χ1v) is 12.3. The van der Waals surface area contributed by atoms with Gasteiger partial charge in [0.1, 0.15) is 17.4 Å². The largest absolute Gasteiger partial charge is 0.455 e. The fourth-order valence-corrected chi connectivity index (χ4v) is 3.61. The van der Waals surface area contributed by atoms with Gasteiger partial charge >= 0.3 is 6.03 Å². The summed E-state index contributed by atoms with van der Waals surface area (Å²) in [5.74, 6) is 0.0182. The zero-order chi connectivity index (χ0) is 25.9. The van der Waals surface area contributed by atoms with Crippen LogP contribution in [0.5, 0.6) is 0 Å². The van der Waals surface area contributed by atoms with E-state index in [1.54, 1.807) is 12.1 Å². The molecule has 0 radical (unpaired) electrons. The number of rotatable bonds is 13. The number of unbranched alkanes of at least 4 members (excludes halogenated alkanes) is 3. The number of carbonyl (C=O) groups excluding carboxylic acids is 3. The Labute approximate surface area is 210 Å². The number of hydrogen-bond donors (Lipinski definition) is 5. The van der Waals surface area contributed by atoms with Crippen LogP contribution in [0.2, 0.25) is 0 Å². The lowest BCUT2D eigenvalue weighted by molar-refractivity contribution is 0.0923. The molecule has 1 aromatic carbocycles. The van der Waals surface area contributed by atoms with Gasteiger partial charge in [0.2, 0.25) is 0 Å². The quantitative estimate of drug-likeness (QED) is 0.220. The molecule has 0 bridgehead atoms. The summed E-state index contributed by atoms with van der Waals surface area (Å²) in [5, 5.41) is 8.14. The number of nitrogens with zero attached hydrogens (tertiary/aromatic N) is 1. The lowest BCUT2D eigenvalue weighted by atomic mass is 10.1. The first-order valence-electron chi connectivity index (χ1n) is 12.3. The highest BCUT2D eigenvalue weighted by Crippen LogP contribution is 2.18. The topological polar surface area (TPSA) is 155 Å². The van der Waals surface area contributed by atoms with E-state index in [0.717, 1.165) is 38.5 Å². The van der Waals surface area contributed by atoms with E-state index in [1.807, 2.05) is 24.3 Å². The summed E-state index contributed by atoms with van der Waals surface area (Å²) >= 11 is 0. The molecule has 0 aliphatic heterocycles. The minimum Gasteiger partial charge on any atom is -0.455 e. The van der Waals surface area contributed by atoms with Crippen molar-refractivity contribution in [2.24, 2.45) is 5.73 Å². The maximum Gasteiger partial charge on any atom is 0.324 e. The van der Waals surface area contributed by atoms with Crippen LogP contribution in [0.25, 0.3) is 0 Å². The summed E-state index contributed by atoms with van der Waals surface area (Å²) in [7, 11) is 0. The van der Waals surface area contributed by atoms with Crippen molar-refractivity contribution in [3.8, 4) is 0 Å². The second-order valence-electron chi connectivity index (χ2n) is 8.56. The van der Waals surface area contributed by atoms with Crippen molar-refractivity contribution in [3.05, 3.63) is 65.0 Å². The molecule has 10 heteroatoms. The Kier molecular flexibility index (Phi) is 9.67. The number of imidazole rings is 1. The molecule has 192 valence electrons. The number of H-pyrrole nitrogens is 1. The molecule has 3 aromatic rings. The Morgan fingerprint density at radius 3 is 2.42 bits per heavy atom. The van der Waals surface area contributed by atoms with Gasteiger partial charge in [-0.15, -0.1) is 0 Å². The molecule has 0 saturated carbocycles. The predicted molar refractivity (Wildman–Crippen MR) is 138 cm³/mol. The van der Waals surface area contributed by atoms with Gasteiger partial charge in [0, 0.05) is 12.2 Å². The van der Waals surface area contributed by atoms with E-state index in [-0.39, 0.29) is 29.6 Å². The summed E-state index contributed by atoms with van der Waals surface area (Å²) < 4.78 is 5.62. The zero-order valence-electron chi connectivity index (χ0n) is 20.8. The third kappa shape index (κ3) is 7.72. The highest BCUT2D eigenvalue weighted by Gasteiger charge is 2.19. The molecule has 6 N–H and O–H groups in total. The standard InChI is InChI=1S/C26H34N6O4/c1-3-5-7-15-28-25(34)20-14-13-19(36-20)16-21-30-22(23(27)33)24(31-21)32-26(35)29-18-11-9-17(10-12-18)8-6-4-2/h9-14H,3-8,15-16H2,1-2H3,(H2,27,33)(H,28,34)(H,30,31)(H2,29,32,35). The van der Waals surface area contributed by atoms with Gasteiger partial charge in [-0.25, -0.2) is 9.78 Å². The van der Waals surface area contributed by atoms with Gasteiger partial charge in [0.25, 0.3) is 11.8 Å². The number of amides is 4. The number of nitrogens with one attached hydrogen (secondary N) is 4. The maximum absolute atomic E-state index is 12.5. The van der Waals surface area contributed by atoms with E-state index >= 15 is 0 Å². The molecule has 0 atom stereocenters. The van der Waals surface area contributed by atoms with Crippen LogP contribution in [0.1, 0.15) is 84.1 Å². The van der Waals surface area contributed by atoms with Crippen LogP contribution in [-0.2, 0) is 12.8 Å². The number of primary amides is 1. The van der Waals surface area contributed by atoms with Crippen LogP contribution < -0.4 is 21.7 Å². The minimum atomic E-state index is -0.792. The Morgan fingerprint density at radius 2 is 1.72 bits per heavy atom. The van der Waals surface area contributed by atoms with Crippen LogP contribution in [0.15, 0.2) is 40.8 Å². The summed E-state index contributed by atoms with van der Waals surface area (Å²) in [4.78, 5) is 43.7. The van der Waals surface area contributed by atoms with Crippen molar-refractivity contribution in [2.75, 3.05) is 17.2 Å². The van der Waals surface area contributed by atoms with Crippen molar-refractivity contribution in [3.63, 3.8) is 0 Å². The summed E-state index contributed by atoms with van der Waals surface area (Å²) in [6.45, 7) is 4.82. The number of carbonyl (C=O) groups is 3. The van der Waals surface area contributed by atoms with Crippen LogP contribution in [0.4, 0.5) is 16.3 Å². The van der Waals surface area contributed by atoms with E-state index in [4.69, 9.17) is 10.2 Å². The Bertz CT molecular complexity index is 1170. The SMILES string of the molecule is CCCCCNC(=O)c1ccc(Cc2nc(C(N)=O)c(NC(=O)Nc3ccc(CCCC)cc3)[nH]2)o1. The van der Waals surface area contributed by atoms with Crippen molar-refractivity contribution in [1.82, 2.24) is 15.3 Å². The number of aromatic amines is 1. The van der Waals surface area contributed by atoms with Crippen LogP contribution >= 0.6 is 0 Å². The first-order chi connectivity index (χ1) is 17.4. The van der Waals surface area contributed by atoms with E-state index in [9.17, 15) is 14.4 Å². The molecule has 3 rings (SSSR count). The molecular weight excluding hydrogens is 460 g/mol. The molecule has 2 aromatic heterocycles. The maximum atomic E-state index is 12.5. The Hall–Kier alpha value is -4.08. The molecule has 36 heavy (non-hydrogen) atoms. The monoisotopic (exact) mass is 494 g/mol. The van der Waals surface area contributed by atoms with Crippen molar-refractivity contribution < 1.29 is 18.8 Å². The van der Waals surface area contributed by atoms with Crippen LogP contribution in [0, 0.1) is 0 Å². The highest BCUT2D eigenvalue weighted by atomic mass is 16.3. The highest BCUT2D eigenvalue weighted by molar-refractivity contribution is 6.04. The molecule has 0 aliphatic carbocycles. The molecule has 2 heterocycles. The number of urea groups is 1. The lowest BCUT2D eigenvalue weighted by Crippen LogP contribution is -2.23. The number of nitrogens with two attached hydrogens (primary N) is 1. The van der Waals surface area contributed by atoms with E-state index in [1.165, 1.54) is 5.56 Å². The molecule has 0 saturated heterocycles. The molecule has 4 amide bonds. The second-order valence-corrected chi connectivity index (χ2v) is 8.56. The number of furan rings is 1. The normalized spacial score (nSPS) is 10.7. The second kappa shape index (κ2) is 13.1. The Morgan fingerprint density at radius 1 is 0.972 bits per heavy atom. The lowest BCUT2D eigenvalue weighted by Gasteiger charge is -2.08. The molecule has 0 spiro atoms. The van der Waals surface area contributed by atoms with Gasteiger partial charge < -0.3 is 25.8 Å². The fourth-order valence-electron chi connectivity index (χ4n) is 3.61. The van der Waals surface area contributed by atoms with Gasteiger partial charge in [-0.3, -0.25) is 14.9 Å². The fraction of sp³-hybridized carbons (Fsp3) is 0.385. The number of hydrogen-bond acceptors (Lipinski definition) is 5. The summed E-state index contributed by atoms with van der Waals surface area (Å²) in [5.41, 5.74) is 7.16. The third-order valence-electron chi connectivity index (χ3n) is 5.55. The van der Waals surface area contributed by atoms with Crippen LogP contribution in [-0.4, -0.2) is 34.4 Å². The van der Waals surface area contributed by atoms with Crippen molar-refractivity contribution in [1.29, 1.82) is 0 Å². The molecular formula is C26H34N6O4. The number of benzene rings is 1. The van der Waals surface area contributed by atoms with E-state index in [2.05, 4.69) is 39.8 Å². The van der Waals surface area contributed by atoms with Crippen molar-refractivity contribution >= 4 is 29.4 Å². The molecule has 0 aliphatic rings. The number of aromatic nitrogens is 2. The van der Waals surface area contributed by atoms with Crippen molar-refractivity contribution in [2.45, 2.75) is 58.8 Å². The molecule has 0 unspecified atom stereocenters. The first kappa shape index (κ1) is 26.5. The third-order valence-corrected chi connectivity index (χ3v) is 5.55.